The first-order valence-corrected chi connectivity index (χ1v) is 11.2. The lowest BCUT2D eigenvalue weighted by molar-refractivity contribution is 0.0662. The van der Waals surface area contributed by atoms with Gasteiger partial charge in [0.2, 0.25) is 5.95 Å². The van der Waals surface area contributed by atoms with Crippen LogP contribution in [0, 0.1) is 0 Å². The van der Waals surface area contributed by atoms with Crippen LogP contribution >= 0.6 is 0 Å². The Morgan fingerprint density at radius 1 is 1.09 bits per heavy atom. The molecule has 0 unspecified atom stereocenters. The number of ether oxygens (including phenoxy) is 2. The molecule has 0 atom stereocenters. The van der Waals surface area contributed by atoms with E-state index in [0.29, 0.717) is 23.0 Å². The number of aromatic amines is 1. The van der Waals surface area contributed by atoms with Crippen LogP contribution in [0.15, 0.2) is 41.8 Å². The van der Waals surface area contributed by atoms with Gasteiger partial charge >= 0.3 is 0 Å². The van der Waals surface area contributed by atoms with Crippen LogP contribution in [0.3, 0.4) is 0 Å². The van der Waals surface area contributed by atoms with Crippen molar-refractivity contribution in [3.8, 4) is 5.69 Å². The normalized spacial score (nSPS) is 16.6. The Balaban J connectivity index is 0.000000407. The summed E-state index contributed by atoms with van der Waals surface area (Å²) in [5.74, 6) is 0.382. The van der Waals surface area contributed by atoms with Gasteiger partial charge in [-0.2, -0.15) is 10.2 Å². The molecule has 2 aliphatic rings. The molecular weight excluding hydrogens is 424 g/mol. The van der Waals surface area contributed by atoms with Gasteiger partial charge in [0.25, 0.3) is 5.56 Å². The second-order valence-electron chi connectivity index (χ2n) is 8.20. The highest BCUT2D eigenvalue weighted by Gasteiger charge is 2.17. The Morgan fingerprint density at radius 3 is 2.58 bits per heavy atom. The molecule has 0 bridgehead atoms. The van der Waals surface area contributed by atoms with Crippen molar-refractivity contribution in [1.29, 1.82) is 0 Å². The third-order valence-corrected chi connectivity index (χ3v) is 5.77. The van der Waals surface area contributed by atoms with Crippen LogP contribution in [0.4, 0.5) is 11.6 Å². The number of rotatable bonds is 4. The highest BCUT2D eigenvalue weighted by atomic mass is 16.5. The van der Waals surface area contributed by atoms with E-state index in [2.05, 4.69) is 25.5 Å². The Morgan fingerprint density at radius 2 is 1.88 bits per heavy atom. The largest absolute Gasteiger partial charge is 0.381 e. The summed E-state index contributed by atoms with van der Waals surface area (Å²) in [5, 5.41) is 11.7. The van der Waals surface area contributed by atoms with Crippen LogP contribution in [-0.4, -0.2) is 60.5 Å². The number of H-pyrrole nitrogens is 1. The average molecular weight is 455 g/mol. The molecule has 0 amide bonds. The highest BCUT2D eigenvalue weighted by Crippen LogP contribution is 2.23. The fourth-order valence-corrected chi connectivity index (χ4v) is 4.06. The van der Waals surface area contributed by atoms with E-state index in [0.717, 1.165) is 50.6 Å². The fraction of sp³-hybridized carbons (Fsp3) is 0.455. The number of nitrogens with one attached hydrogen (secondary N) is 2. The molecule has 0 aromatic carbocycles. The van der Waals surface area contributed by atoms with Crippen molar-refractivity contribution in [3.63, 3.8) is 0 Å². The topological polar surface area (TPSA) is 117 Å². The molecule has 2 saturated heterocycles. The van der Waals surface area contributed by atoms with E-state index < -0.39 is 0 Å². The van der Waals surface area contributed by atoms with Gasteiger partial charge < -0.3 is 19.4 Å². The third kappa shape index (κ3) is 4.83. The van der Waals surface area contributed by atoms with Gasteiger partial charge in [-0.05, 0) is 31.7 Å². The van der Waals surface area contributed by atoms with Crippen molar-refractivity contribution >= 4 is 22.7 Å². The first-order chi connectivity index (χ1) is 16.2. The molecule has 6 heterocycles. The van der Waals surface area contributed by atoms with Gasteiger partial charge in [-0.15, -0.1) is 0 Å². The van der Waals surface area contributed by atoms with Crippen molar-refractivity contribution in [3.05, 3.63) is 47.4 Å². The fourth-order valence-electron chi connectivity index (χ4n) is 4.06. The lowest BCUT2D eigenvalue weighted by Crippen LogP contribution is -2.19. The number of fused-ring (bicyclic) bond motifs is 1. The van der Waals surface area contributed by atoms with Crippen molar-refractivity contribution in [2.24, 2.45) is 7.05 Å². The van der Waals surface area contributed by atoms with Gasteiger partial charge in [0.05, 0.1) is 35.3 Å². The second kappa shape index (κ2) is 9.59. The van der Waals surface area contributed by atoms with Crippen LogP contribution in [0.2, 0.25) is 0 Å². The smallest absolute Gasteiger partial charge is 0.277 e. The molecular formula is C22H30N8O3. The molecule has 0 aliphatic carbocycles. The molecule has 2 aliphatic heterocycles. The zero-order chi connectivity index (χ0) is 22.6. The summed E-state index contributed by atoms with van der Waals surface area (Å²) in [7, 11) is 1.83. The molecule has 0 spiro atoms. The standard InChI is InChI=1S/C18H20N8O2.C4H8O.H2/c1-24-11-14(9-19-24)25-5-2-15-16(25)17(27)23-18(22-15)21-12-8-20-26(10-12)13-3-6-28-7-4-13;1-2-4-5-3-1;/h2,5,8-11,13H,3-4,6-7H2,1H3,(H2,21,22,23,27);1-4H2;1H. The van der Waals surface area contributed by atoms with Crippen molar-refractivity contribution in [2.45, 2.75) is 31.7 Å². The van der Waals surface area contributed by atoms with Crippen molar-refractivity contribution in [1.82, 2.24) is 34.1 Å². The van der Waals surface area contributed by atoms with E-state index in [-0.39, 0.29) is 6.99 Å². The molecule has 11 heteroatoms. The predicted octanol–water partition coefficient (Wildman–Crippen LogP) is 2.78. The summed E-state index contributed by atoms with van der Waals surface area (Å²) in [6, 6.07) is 2.15. The van der Waals surface area contributed by atoms with Gasteiger partial charge in [-0.25, -0.2) is 4.98 Å². The van der Waals surface area contributed by atoms with Crippen LogP contribution in [-0.2, 0) is 16.5 Å². The van der Waals surface area contributed by atoms with Crippen LogP contribution in [0.5, 0.6) is 0 Å². The van der Waals surface area contributed by atoms with Crippen LogP contribution < -0.4 is 10.9 Å². The summed E-state index contributed by atoms with van der Waals surface area (Å²) in [4.78, 5) is 20.0. The Hall–Kier alpha value is -3.44. The zero-order valence-electron chi connectivity index (χ0n) is 18.6. The van der Waals surface area contributed by atoms with Gasteiger partial charge in [-0.1, -0.05) is 0 Å². The molecule has 176 valence electrons. The molecule has 6 rings (SSSR count). The van der Waals surface area contributed by atoms with E-state index >= 15 is 0 Å². The van der Waals surface area contributed by atoms with Crippen LogP contribution in [0.25, 0.3) is 16.7 Å². The molecule has 11 nitrogen and oxygen atoms in total. The number of hydrogen-bond acceptors (Lipinski definition) is 7. The number of aromatic nitrogens is 7. The molecule has 4 aromatic rings. The number of nitrogens with zero attached hydrogens (tertiary/aromatic N) is 6. The SMILES string of the molecule is C1CCOC1.Cn1cc(-n2ccc3nc(Nc4cnn(C5CCOCC5)c4)[nH]c(=O)c32)cn1.[HH]. The quantitative estimate of drug-likeness (QED) is 0.487. The number of aryl methyl sites for hydroxylation is 1. The van der Waals surface area contributed by atoms with Gasteiger partial charge in [-0.3, -0.25) is 19.1 Å². The predicted molar refractivity (Wildman–Crippen MR) is 125 cm³/mol. The summed E-state index contributed by atoms with van der Waals surface area (Å²) in [6.07, 6.45) is 13.5. The number of anilines is 2. The molecule has 0 saturated carbocycles. The van der Waals surface area contributed by atoms with E-state index in [1.807, 2.05) is 36.4 Å². The number of hydrogen-bond donors (Lipinski definition) is 2. The monoisotopic (exact) mass is 454 g/mol. The summed E-state index contributed by atoms with van der Waals surface area (Å²) in [5.41, 5.74) is 2.45. The van der Waals surface area contributed by atoms with E-state index in [1.54, 1.807) is 21.6 Å². The first-order valence-electron chi connectivity index (χ1n) is 11.2. The van der Waals surface area contributed by atoms with Crippen molar-refractivity contribution < 1.29 is 10.9 Å². The molecule has 2 fully saturated rings. The summed E-state index contributed by atoms with van der Waals surface area (Å²) < 4.78 is 15.8. The lowest BCUT2D eigenvalue weighted by atomic mass is 10.1. The molecule has 2 N–H and O–H groups in total. The van der Waals surface area contributed by atoms with E-state index in [1.165, 1.54) is 12.8 Å². The van der Waals surface area contributed by atoms with Gasteiger partial charge in [0, 0.05) is 53.5 Å². The Kier molecular flexibility index (Phi) is 6.22. The van der Waals surface area contributed by atoms with E-state index in [4.69, 9.17) is 9.47 Å². The maximum absolute atomic E-state index is 12.7. The van der Waals surface area contributed by atoms with Crippen molar-refractivity contribution in [2.75, 3.05) is 31.7 Å². The maximum Gasteiger partial charge on any atom is 0.277 e. The lowest BCUT2D eigenvalue weighted by Gasteiger charge is -2.22. The van der Waals surface area contributed by atoms with Gasteiger partial charge in [0.15, 0.2) is 0 Å². The summed E-state index contributed by atoms with van der Waals surface area (Å²) >= 11 is 0. The maximum atomic E-state index is 12.7. The minimum Gasteiger partial charge on any atom is -0.381 e. The average Bonchev–Trinajstić information content (AvgIpc) is 3.62. The summed E-state index contributed by atoms with van der Waals surface area (Å²) in [6.45, 7) is 3.51. The van der Waals surface area contributed by atoms with Gasteiger partial charge in [0.1, 0.15) is 5.52 Å². The Labute approximate surface area is 191 Å². The second-order valence-corrected chi connectivity index (χ2v) is 8.20. The third-order valence-electron chi connectivity index (χ3n) is 5.77. The zero-order valence-corrected chi connectivity index (χ0v) is 18.6. The molecule has 4 aromatic heterocycles. The minimum atomic E-state index is -0.224. The minimum absolute atomic E-state index is 0. The molecule has 33 heavy (non-hydrogen) atoms. The highest BCUT2D eigenvalue weighted by molar-refractivity contribution is 5.78. The Bertz CT molecular complexity index is 1260. The molecule has 0 radical (unpaired) electrons. The van der Waals surface area contributed by atoms with E-state index in [9.17, 15) is 4.79 Å². The van der Waals surface area contributed by atoms with Crippen LogP contribution in [0.1, 0.15) is 33.2 Å². The first kappa shape index (κ1) is 21.4.